The van der Waals surface area contributed by atoms with E-state index >= 15 is 0 Å². The van der Waals surface area contributed by atoms with Gasteiger partial charge in [0.05, 0.1) is 55.1 Å². The number of unbranched alkanes of at least 4 members (excludes halogenated alkanes) is 2. The number of aliphatic hydroxyl groups is 4. The first-order valence-electron chi connectivity index (χ1n) is 42.4. The number of sulfonamides is 1. The molecule has 0 bridgehead atoms. The quantitative estimate of drug-likeness (QED) is 0.00896. The highest BCUT2D eigenvalue weighted by Crippen LogP contribution is 2.54. The molecule has 1 aromatic heterocycles. The minimum atomic E-state index is -3.87. The molecule has 0 saturated heterocycles. The summed E-state index contributed by atoms with van der Waals surface area (Å²) >= 11 is 0. The highest BCUT2D eigenvalue weighted by Gasteiger charge is 2.64. The van der Waals surface area contributed by atoms with Gasteiger partial charge in [0.25, 0.3) is 15.9 Å². The van der Waals surface area contributed by atoms with Crippen LogP contribution in [0.1, 0.15) is 108 Å². The number of carbonyl (C=O) groups is 4. The molecule has 32 heteroatoms. The van der Waals surface area contributed by atoms with Crippen LogP contribution in [0.4, 0.5) is 17.1 Å². The number of ether oxygens (including phenoxy) is 3. The van der Waals surface area contributed by atoms with Crippen molar-refractivity contribution in [2.24, 2.45) is 45.5 Å². The zero-order chi connectivity index (χ0) is 94.8. The molecule has 31 nitrogen and oxygen atoms in total. The van der Waals surface area contributed by atoms with Crippen molar-refractivity contribution >= 4 is 90.9 Å². The minimum Gasteiger partial charge on any atom is -0.508 e. The number of likely N-dealkylation sites (N-methyl/N-ethyl adjacent to an activating group) is 2. The predicted octanol–water partition coefficient (Wildman–Crippen LogP) is 11.9. The summed E-state index contributed by atoms with van der Waals surface area (Å²) in [6, 6.07) is 59.7. The van der Waals surface area contributed by atoms with Gasteiger partial charge < -0.3 is 94.0 Å². The number of pyridine rings is 1. The van der Waals surface area contributed by atoms with E-state index in [1.807, 2.05) is 113 Å². The van der Waals surface area contributed by atoms with Crippen LogP contribution in [0.25, 0.3) is 11.5 Å². The molecule has 3 heterocycles. The van der Waals surface area contributed by atoms with Crippen LogP contribution in [0.2, 0.25) is 0 Å². The number of nitrogen functional groups attached to an aromatic ring is 2. The maximum atomic E-state index is 13.7. The Hall–Kier alpha value is -14.2. The molecule has 8 aromatic carbocycles. The molecular formula is C98H118N16O15S. The van der Waals surface area contributed by atoms with Gasteiger partial charge in [-0.2, -0.15) is 0 Å². The lowest BCUT2D eigenvalue weighted by atomic mass is 9.57. The number of phenols is 2. The van der Waals surface area contributed by atoms with Gasteiger partial charge in [0, 0.05) is 109 Å². The fourth-order valence-electron chi connectivity index (χ4n) is 15.5. The maximum Gasteiger partial charge on any atom is 0.265 e. The summed E-state index contributed by atoms with van der Waals surface area (Å²) in [7, 11) is 4.14. The van der Waals surface area contributed by atoms with Crippen molar-refractivity contribution in [1.29, 1.82) is 21.6 Å². The molecule has 2 aliphatic heterocycles. The van der Waals surface area contributed by atoms with Gasteiger partial charge in [0.1, 0.15) is 75.6 Å². The Bertz CT molecular complexity index is 5710. The van der Waals surface area contributed by atoms with E-state index in [0.717, 1.165) is 96.1 Å². The van der Waals surface area contributed by atoms with E-state index in [4.69, 9.17) is 64.5 Å². The molecule has 5 aliphatic rings. The summed E-state index contributed by atoms with van der Waals surface area (Å²) < 4.78 is 42.8. The lowest BCUT2D eigenvalue weighted by Crippen LogP contribution is -2.65. The van der Waals surface area contributed by atoms with Gasteiger partial charge >= 0.3 is 0 Å². The zero-order valence-corrected chi connectivity index (χ0v) is 75.4. The fourth-order valence-corrected chi connectivity index (χ4v) is 16.9. The monoisotopic (exact) mass is 1790 g/mol. The van der Waals surface area contributed by atoms with E-state index < -0.39 is 73.9 Å². The van der Waals surface area contributed by atoms with E-state index in [2.05, 4.69) is 63.5 Å². The summed E-state index contributed by atoms with van der Waals surface area (Å²) in [6.07, 6.45) is 7.67. The number of nitrogens with two attached hydrogens (primary N) is 5. The first-order valence-corrected chi connectivity index (χ1v) is 43.8. The number of para-hydroxylation sites is 1. The molecule has 686 valence electrons. The third kappa shape index (κ3) is 25.6. The largest absolute Gasteiger partial charge is 0.508 e. The molecule has 1 fully saturated rings. The van der Waals surface area contributed by atoms with Gasteiger partial charge in [-0.25, -0.2) is 8.42 Å². The van der Waals surface area contributed by atoms with Crippen molar-refractivity contribution < 1.29 is 72.4 Å². The predicted molar refractivity (Wildman–Crippen MR) is 508 cm³/mol. The Kier molecular flexibility index (Phi) is 35.2. The number of aryl methyl sites for hydroxylation is 4. The summed E-state index contributed by atoms with van der Waals surface area (Å²) in [4.78, 5) is 65.2. The van der Waals surface area contributed by atoms with E-state index in [0.29, 0.717) is 60.9 Å². The summed E-state index contributed by atoms with van der Waals surface area (Å²) in [5.41, 5.74) is 34.0. The first kappa shape index (κ1) is 99.6. The number of hydrogen-bond donors (Lipinski definition) is 16. The number of aromatic nitrogens is 1. The van der Waals surface area contributed by atoms with Gasteiger partial charge in [0.2, 0.25) is 5.78 Å². The van der Waals surface area contributed by atoms with Gasteiger partial charge in [-0.15, -0.1) is 0 Å². The van der Waals surface area contributed by atoms with Crippen LogP contribution in [-0.4, -0.2) is 198 Å². The van der Waals surface area contributed by atoms with Crippen molar-refractivity contribution in [3.8, 4) is 28.7 Å². The number of primary amides is 1. The van der Waals surface area contributed by atoms with E-state index in [-0.39, 0.29) is 87.4 Å². The molecule has 21 N–H and O–H groups in total. The number of amides is 1. The number of aliphatic imine (C=N–C) groups is 1. The number of Topliss-reactive ketones (excluding diaryl/α,β-unsaturated/α-hetero) is 3. The third-order valence-electron chi connectivity index (χ3n) is 22.0. The Balaban J connectivity index is 0.000000180. The molecule has 3 aliphatic carbocycles. The summed E-state index contributed by atoms with van der Waals surface area (Å²) in [5, 5.41) is 96.7. The number of carbonyl (C=O) groups excluding carboxylic acids is 4. The Morgan fingerprint density at radius 1 is 0.685 bits per heavy atom. The normalized spacial score (nSPS) is 16.8. The van der Waals surface area contributed by atoms with Crippen molar-refractivity contribution in [2.75, 3.05) is 84.5 Å². The topological polar surface area (TPSA) is 527 Å². The van der Waals surface area contributed by atoms with Crippen molar-refractivity contribution in [1.82, 2.24) is 19.5 Å². The average molecular weight is 1790 g/mol. The number of rotatable bonds is 29. The van der Waals surface area contributed by atoms with Crippen molar-refractivity contribution in [3.05, 3.63) is 285 Å². The van der Waals surface area contributed by atoms with Gasteiger partial charge in [-0.3, -0.25) is 54.6 Å². The van der Waals surface area contributed by atoms with E-state index in [1.54, 1.807) is 93.1 Å². The van der Waals surface area contributed by atoms with Crippen LogP contribution in [0.15, 0.2) is 239 Å². The number of aromatic hydroxyl groups is 2. The number of anilines is 3. The highest BCUT2D eigenvalue weighted by atomic mass is 32.2. The second kappa shape index (κ2) is 46.0. The highest BCUT2D eigenvalue weighted by molar-refractivity contribution is 7.89. The fraction of sp³-hybridized carbons (Fsp3) is 0.306. The molecule has 1 saturated carbocycles. The Labute approximate surface area is 758 Å². The lowest BCUT2D eigenvalue weighted by Gasteiger charge is -2.50. The molecule has 5 atom stereocenters. The van der Waals surface area contributed by atoms with Crippen LogP contribution in [0, 0.1) is 54.2 Å². The molecule has 0 spiro atoms. The zero-order valence-electron chi connectivity index (χ0n) is 74.6. The minimum absolute atomic E-state index is 0.0191. The number of hydrogen-bond acceptors (Lipinski definition) is 26. The third-order valence-corrected chi connectivity index (χ3v) is 23.8. The Morgan fingerprint density at radius 3 is 1.83 bits per heavy atom. The van der Waals surface area contributed by atoms with Gasteiger partial charge in [-0.05, 0) is 231 Å². The number of ketones is 3. The van der Waals surface area contributed by atoms with Gasteiger partial charge in [-0.1, -0.05) is 90.5 Å². The Morgan fingerprint density at radius 2 is 1.28 bits per heavy atom. The van der Waals surface area contributed by atoms with Crippen LogP contribution in [-0.2, 0) is 48.5 Å². The molecule has 130 heavy (non-hydrogen) atoms. The molecule has 9 aromatic rings. The molecule has 14 rings (SSSR count). The molecule has 1 amide bonds. The van der Waals surface area contributed by atoms with Crippen LogP contribution < -0.4 is 58.0 Å². The molecular weight excluding hydrogens is 1670 g/mol. The molecule has 1 unspecified atom stereocenters. The number of benzene rings is 8. The lowest BCUT2D eigenvalue weighted by molar-refractivity contribution is -0.153. The number of aliphatic hydroxyl groups excluding tert-OH is 3. The number of nitrogens with one attached hydrogen (secondary N) is 5. The van der Waals surface area contributed by atoms with Crippen LogP contribution >= 0.6 is 0 Å². The maximum absolute atomic E-state index is 13.7. The number of amidine groups is 4. The SMILES string of the molecule is CN(C)c1ccc(O)c2c1C[C@H]1C[C@H]3[C@H](N(C)C)C(=O)C(C(N)=O)=C(O)[C@@]3(O)C(=O)C1=C2O.CN1C(C(=O)Cc2ccccn2)=C(O)c2ccccc2S1(=O)=O.Cc1ccc(N(CC2=NCCN2)c2cccc(O)c2)cc1.Cc1cccc(C)c1OCC(C)N.N=C(N)CC(=N)CCCc1ccccc1.N=C(N)c1ccc(OCCCCCOc2ccc(C(=N)N)cc2)cc1. The number of fused-ring (bicyclic) bond motifs is 4. The number of nitrogens with zero attached hydrogens (tertiary/aromatic N) is 6. The summed E-state index contributed by atoms with van der Waals surface area (Å²) in [6.45, 7) is 12.4. The van der Waals surface area contributed by atoms with Gasteiger partial charge in [0.15, 0.2) is 22.9 Å². The smallest absolute Gasteiger partial charge is 0.265 e. The molecule has 0 radical (unpaired) electrons. The number of allylic oxidation sites excluding steroid dienone is 1. The number of phenolic OH excluding ortho intramolecular Hbond substituents is 2. The standard InChI is InChI=1S/C23H27N3O7.C19H24N4O2.C17H19N3O.C16H14N2O4S.C12H17N3.C11H17NO/c1-25(2)12-5-6-13(27)15-10(12)7-9-8-11-17(26(3)4)19(29)16(22(24)32)21(31)23(11,33)20(30)14(9)18(15)28;20-18(21)14-4-8-16(9-5-14)24-12-2-1-3-13-25-17-10-6-15(7-11-17)19(22)23;1-13-5-7-14(8-6-13)20(12-17-18-9-10-19-17)15-3-2-4-16(21)11-15;1-18-15(13(19)10-11-6-4-5-9-17-11)16(20)12-7-2-3-8-14(12)23(18,21)22;13-11(9-12(14)15)8-4-7-10-5-2-1-3-6-10;1-8-5-4-6-9(2)11(8)13-7-10(3)12/h5-6,9,11,17,27-28,31,33H,7-8H2,1-4H3,(H2,24,32);4-11H,1-3,12-13H2,(H3,20,21)(H3,22,23);2-8,11,21H,9-10,12H2,1H3,(H,18,19);2-9,20H,10H2,1H3;1-3,5-6,13H,4,7-9H2,(H3,14,15);4-6,10H,7,12H2,1-3H3/t9-,11-,17-,23-;;;;;/m0...../s1. The van der Waals surface area contributed by atoms with Crippen molar-refractivity contribution in [2.45, 2.75) is 114 Å². The van der Waals surface area contributed by atoms with E-state index in [9.17, 15) is 58.2 Å². The van der Waals surface area contributed by atoms with Crippen LogP contribution in [0.3, 0.4) is 0 Å². The average Bonchev–Trinajstić information content (AvgIpc) is 0.699. The van der Waals surface area contributed by atoms with Crippen LogP contribution in [0.5, 0.6) is 28.7 Å². The second-order valence-electron chi connectivity index (χ2n) is 32.4. The second-order valence-corrected chi connectivity index (χ2v) is 34.3. The first-order chi connectivity index (χ1) is 61.8. The van der Waals surface area contributed by atoms with E-state index in [1.165, 1.54) is 52.4 Å². The van der Waals surface area contributed by atoms with Crippen molar-refractivity contribution in [3.63, 3.8) is 0 Å². The summed E-state index contributed by atoms with van der Waals surface area (Å²) in [5.74, 6) is -3.39.